The smallest absolute Gasteiger partial charge is 0.263 e. The molecule has 0 aliphatic carbocycles. The van der Waals surface area contributed by atoms with E-state index in [4.69, 9.17) is 0 Å². The minimum absolute atomic E-state index is 0.0142. The number of hydrogen-bond acceptors (Lipinski definition) is 7. The Kier molecular flexibility index (Phi) is 6.31. The molecular weight excluding hydrogens is 418 g/mol. The topological polar surface area (TPSA) is 89.3 Å². The first kappa shape index (κ1) is 21.1. The fourth-order valence-corrected chi connectivity index (χ4v) is 6.85. The van der Waals surface area contributed by atoms with Crippen LogP contribution in [0.15, 0.2) is 28.7 Å². The molecule has 1 aliphatic heterocycles. The molecule has 28 heavy (non-hydrogen) atoms. The van der Waals surface area contributed by atoms with Crippen LogP contribution in [0.25, 0.3) is 10.2 Å². The number of fused-ring (bicyclic) bond motifs is 1. The van der Waals surface area contributed by atoms with Crippen LogP contribution in [0.4, 0.5) is 0 Å². The van der Waals surface area contributed by atoms with Gasteiger partial charge in [0.1, 0.15) is 4.83 Å². The first-order valence-electron chi connectivity index (χ1n) is 8.98. The van der Waals surface area contributed by atoms with Gasteiger partial charge in [-0.2, -0.15) is 0 Å². The Labute approximate surface area is 172 Å². The van der Waals surface area contributed by atoms with E-state index in [2.05, 4.69) is 11.6 Å². The van der Waals surface area contributed by atoms with Gasteiger partial charge in [-0.05, 0) is 18.9 Å². The Bertz CT molecular complexity index is 1070. The molecule has 1 atom stereocenters. The number of nitrogens with zero attached hydrogens (tertiary/aromatic N) is 3. The number of allylic oxidation sites excluding steroid dienone is 1. The van der Waals surface area contributed by atoms with Gasteiger partial charge in [-0.1, -0.05) is 24.8 Å². The molecule has 1 amide bonds. The second kappa shape index (κ2) is 8.38. The fraction of sp³-hybridized carbons (Fsp3) is 0.500. The van der Waals surface area contributed by atoms with Gasteiger partial charge < -0.3 is 4.90 Å². The van der Waals surface area contributed by atoms with Crippen molar-refractivity contribution in [3.05, 3.63) is 34.0 Å². The van der Waals surface area contributed by atoms with Crippen molar-refractivity contribution in [2.75, 3.05) is 24.3 Å². The quantitative estimate of drug-likeness (QED) is 0.371. The molecule has 2 aromatic heterocycles. The third-order valence-corrected chi connectivity index (χ3v) is 8.69. The summed E-state index contributed by atoms with van der Waals surface area (Å²) in [6, 6.07) is 1.59. The third kappa shape index (κ3) is 4.33. The lowest BCUT2D eigenvalue weighted by molar-refractivity contribution is -0.128. The molecule has 0 unspecified atom stereocenters. The number of hydrogen-bond donors (Lipinski definition) is 0. The summed E-state index contributed by atoms with van der Waals surface area (Å²) < 4.78 is 24.8. The van der Waals surface area contributed by atoms with Crippen LogP contribution in [0.3, 0.4) is 0 Å². The predicted molar refractivity (Wildman–Crippen MR) is 114 cm³/mol. The molecule has 1 saturated heterocycles. The summed E-state index contributed by atoms with van der Waals surface area (Å²) in [5.74, 6) is 0.0542. The van der Waals surface area contributed by atoms with Crippen molar-refractivity contribution in [3.63, 3.8) is 0 Å². The molecule has 1 fully saturated rings. The fourth-order valence-electron chi connectivity index (χ4n) is 3.13. The average molecular weight is 442 g/mol. The molecule has 0 spiro atoms. The number of aryl methyl sites for hydroxylation is 1. The number of thiophene rings is 1. The van der Waals surface area contributed by atoms with Crippen LogP contribution in [-0.4, -0.2) is 59.1 Å². The lowest BCUT2D eigenvalue weighted by Gasteiger charge is -2.23. The standard InChI is InChI=1S/C18H23N3O4S3/c1-4-7-21-17(23)14-9-13(5-2)27-16(14)19-18(21)26-10-15(22)20(3)12-6-8-28(24,25)11-12/h4,9,12H,1,5-8,10-11H2,2-3H3/t12-/m0/s1. The van der Waals surface area contributed by atoms with Gasteiger partial charge in [0.25, 0.3) is 5.56 Å². The van der Waals surface area contributed by atoms with E-state index in [-0.39, 0.29) is 34.8 Å². The molecule has 0 radical (unpaired) electrons. The summed E-state index contributed by atoms with van der Waals surface area (Å²) in [6.45, 7) is 6.04. The monoisotopic (exact) mass is 441 g/mol. The molecule has 10 heteroatoms. The second-order valence-electron chi connectivity index (χ2n) is 6.73. The number of rotatable bonds is 7. The van der Waals surface area contributed by atoms with E-state index in [0.29, 0.717) is 28.3 Å². The Balaban J connectivity index is 1.81. The van der Waals surface area contributed by atoms with Crippen LogP contribution in [-0.2, 0) is 27.6 Å². The van der Waals surface area contributed by atoms with Crippen LogP contribution in [0, 0.1) is 0 Å². The van der Waals surface area contributed by atoms with Crippen molar-refractivity contribution in [1.29, 1.82) is 0 Å². The van der Waals surface area contributed by atoms with Crippen LogP contribution >= 0.6 is 23.1 Å². The Morgan fingerprint density at radius 1 is 1.54 bits per heavy atom. The summed E-state index contributed by atoms with van der Waals surface area (Å²) in [5, 5.41) is 1.07. The highest BCUT2D eigenvalue weighted by Crippen LogP contribution is 2.26. The van der Waals surface area contributed by atoms with Crippen molar-refractivity contribution in [2.24, 2.45) is 0 Å². The predicted octanol–water partition coefficient (Wildman–Crippen LogP) is 1.94. The maximum Gasteiger partial charge on any atom is 0.263 e. The maximum atomic E-state index is 12.8. The van der Waals surface area contributed by atoms with E-state index in [1.807, 2.05) is 13.0 Å². The second-order valence-corrected chi connectivity index (χ2v) is 11.0. The number of carbonyl (C=O) groups excluding carboxylic acids is 1. The van der Waals surface area contributed by atoms with Crippen molar-refractivity contribution < 1.29 is 13.2 Å². The maximum absolute atomic E-state index is 12.8. The van der Waals surface area contributed by atoms with E-state index < -0.39 is 9.84 Å². The van der Waals surface area contributed by atoms with Gasteiger partial charge in [0, 0.05) is 24.5 Å². The number of sulfone groups is 1. The lowest BCUT2D eigenvalue weighted by atomic mass is 10.2. The zero-order valence-corrected chi connectivity index (χ0v) is 18.3. The SMILES string of the molecule is C=CCn1c(SCC(=O)N(C)[C@H]2CCS(=O)(=O)C2)nc2sc(CC)cc2c1=O. The van der Waals surface area contributed by atoms with Gasteiger partial charge in [0.15, 0.2) is 15.0 Å². The van der Waals surface area contributed by atoms with Crippen molar-refractivity contribution >= 4 is 49.1 Å². The molecule has 7 nitrogen and oxygen atoms in total. The molecular formula is C18H23N3O4S3. The van der Waals surface area contributed by atoms with Crippen LogP contribution in [0.1, 0.15) is 18.2 Å². The van der Waals surface area contributed by atoms with Gasteiger partial charge >= 0.3 is 0 Å². The zero-order valence-electron chi connectivity index (χ0n) is 15.9. The number of carbonyl (C=O) groups is 1. The van der Waals surface area contributed by atoms with Crippen LogP contribution < -0.4 is 5.56 Å². The van der Waals surface area contributed by atoms with Gasteiger partial charge in [-0.15, -0.1) is 17.9 Å². The van der Waals surface area contributed by atoms with E-state index >= 15 is 0 Å². The van der Waals surface area contributed by atoms with Crippen LogP contribution in [0.5, 0.6) is 0 Å². The molecule has 3 heterocycles. The minimum Gasteiger partial charge on any atom is -0.341 e. The molecule has 1 aliphatic rings. The first-order valence-corrected chi connectivity index (χ1v) is 12.6. The van der Waals surface area contributed by atoms with E-state index in [9.17, 15) is 18.0 Å². The molecule has 0 saturated carbocycles. The highest BCUT2D eigenvalue weighted by molar-refractivity contribution is 7.99. The first-order chi connectivity index (χ1) is 13.3. The highest BCUT2D eigenvalue weighted by Gasteiger charge is 2.32. The molecule has 0 bridgehead atoms. The highest BCUT2D eigenvalue weighted by atomic mass is 32.2. The number of thioether (sulfide) groups is 1. The van der Waals surface area contributed by atoms with Gasteiger partial charge in [0.2, 0.25) is 5.91 Å². The molecule has 0 N–H and O–H groups in total. The number of amides is 1. The molecule has 152 valence electrons. The summed E-state index contributed by atoms with van der Waals surface area (Å²) in [6.07, 6.45) is 2.93. The van der Waals surface area contributed by atoms with E-state index in [1.54, 1.807) is 13.1 Å². The average Bonchev–Trinajstić information content (AvgIpc) is 3.24. The molecule has 3 rings (SSSR count). The van der Waals surface area contributed by atoms with E-state index in [0.717, 1.165) is 11.3 Å². The normalized spacial score (nSPS) is 18.4. The Hall–Kier alpha value is -1.65. The van der Waals surface area contributed by atoms with E-state index in [1.165, 1.54) is 32.6 Å². The Morgan fingerprint density at radius 2 is 2.29 bits per heavy atom. The number of aromatic nitrogens is 2. The van der Waals surface area contributed by atoms with Crippen molar-refractivity contribution in [1.82, 2.24) is 14.5 Å². The summed E-state index contributed by atoms with van der Waals surface area (Å²) in [7, 11) is -1.42. The van der Waals surface area contributed by atoms with Crippen molar-refractivity contribution in [2.45, 2.75) is 37.5 Å². The van der Waals surface area contributed by atoms with Gasteiger partial charge in [-0.25, -0.2) is 13.4 Å². The Morgan fingerprint density at radius 3 is 2.89 bits per heavy atom. The zero-order chi connectivity index (χ0) is 20.5. The summed E-state index contributed by atoms with van der Waals surface area (Å²) >= 11 is 2.69. The molecule has 2 aromatic rings. The van der Waals surface area contributed by atoms with Gasteiger partial charge in [0.05, 0.1) is 22.6 Å². The molecule has 0 aromatic carbocycles. The van der Waals surface area contributed by atoms with Crippen molar-refractivity contribution in [3.8, 4) is 0 Å². The summed E-state index contributed by atoms with van der Waals surface area (Å²) in [5.41, 5.74) is -0.133. The largest absolute Gasteiger partial charge is 0.341 e. The third-order valence-electron chi connectivity index (χ3n) is 4.80. The lowest BCUT2D eigenvalue weighted by Crippen LogP contribution is -2.39. The van der Waals surface area contributed by atoms with Crippen LogP contribution in [0.2, 0.25) is 0 Å². The summed E-state index contributed by atoms with van der Waals surface area (Å²) in [4.78, 5) is 33.3. The van der Waals surface area contributed by atoms with Gasteiger partial charge in [-0.3, -0.25) is 14.2 Å². The minimum atomic E-state index is -3.05.